The van der Waals surface area contributed by atoms with Crippen molar-refractivity contribution in [3.63, 3.8) is 0 Å². The molecule has 6 aliphatic rings. The van der Waals surface area contributed by atoms with E-state index in [9.17, 15) is 24.9 Å². The van der Waals surface area contributed by atoms with E-state index >= 15 is 0 Å². The monoisotopic (exact) mass is 645 g/mol. The highest BCUT2D eigenvalue weighted by Crippen LogP contribution is 2.80. The lowest BCUT2D eigenvalue weighted by atomic mass is 9.42. The fourth-order valence-corrected chi connectivity index (χ4v) is 12.3. The minimum Gasteiger partial charge on any atom is -0.455 e. The highest BCUT2D eigenvalue weighted by atomic mass is 16.6. The van der Waals surface area contributed by atoms with Crippen molar-refractivity contribution in [3.05, 3.63) is 35.9 Å². The molecule has 5 aliphatic carbocycles. The lowest BCUT2D eigenvalue weighted by Crippen LogP contribution is -2.81. The predicted molar refractivity (Wildman–Crippen MR) is 160 cm³/mol. The SMILES string of the molecule is CCN1C[C@@]2(COC)C3[C@@H](OC)[C@H]4C1[C@@]3(C1C[C@@]3(O)[C@H](OC(=O)c5ccccc5)C1[C@]4(OC(C)=O)[C@@H](O)[C@@H]3OC)[C@@H](OC)C[C@H]2O. The molecule has 46 heavy (non-hydrogen) atoms. The summed E-state index contributed by atoms with van der Waals surface area (Å²) >= 11 is 0. The van der Waals surface area contributed by atoms with E-state index in [2.05, 4.69) is 4.90 Å². The van der Waals surface area contributed by atoms with Gasteiger partial charge in [0.25, 0.3) is 0 Å². The van der Waals surface area contributed by atoms with Crippen molar-refractivity contribution in [1.82, 2.24) is 4.90 Å². The topological polar surface area (TPSA) is 153 Å². The van der Waals surface area contributed by atoms with Gasteiger partial charge in [-0.3, -0.25) is 9.69 Å². The van der Waals surface area contributed by atoms with Crippen molar-refractivity contribution >= 4 is 11.9 Å². The van der Waals surface area contributed by atoms with E-state index in [1.807, 2.05) is 6.92 Å². The van der Waals surface area contributed by atoms with E-state index in [0.29, 0.717) is 25.1 Å². The number of piperidine rings is 1. The zero-order chi connectivity index (χ0) is 33.0. The van der Waals surface area contributed by atoms with Gasteiger partial charge in [-0.25, -0.2) is 4.79 Å². The maximum Gasteiger partial charge on any atom is 0.338 e. The molecule has 0 aromatic heterocycles. The van der Waals surface area contributed by atoms with Crippen LogP contribution in [0.3, 0.4) is 0 Å². The van der Waals surface area contributed by atoms with Crippen molar-refractivity contribution in [3.8, 4) is 0 Å². The Morgan fingerprint density at radius 2 is 1.72 bits per heavy atom. The molecule has 254 valence electrons. The van der Waals surface area contributed by atoms with Crippen LogP contribution >= 0.6 is 0 Å². The normalized spacial score (nSPS) is 49.9. The van der Waals surface area contributed by atoms with Gasteiger partial charge in [-0.2, -0.15) is 0 Å². The number of aliphatic hydroxyl groups is 3. The predicted octanol–water partition coefficient (Wildman–Crippen LogP) is 0.648. The molecule has 12 heteroatoms. The fourth-order valence-electron chi connectivity index (χ4n) is 12.3. The molecule has 1 spiro atoms. The molecule has 3 N–H and O–H groups in total. The van der Waals surface area contributed by atoms with Gasteiger partial charge in [-0.05, 0) is 31.0 Å². The Morgan fingerprint density at radius 1 is 1.00 bits per heavy atom. The summed E-state index contributed by atoms with van der Waals surface area (Å²) in [6, 6.07) is 8.18. The average molecular weight is 646 g/mol. The molecule has 6 fully saturated rings. The minimum absolute atomic E-state index is 0.0791. The summed E-state index contributed by atoms with van der Waals surface area (Å²) in [5.41, 5.74) is -4.79. The Bertz CT molecular complexity index is 1360. The van der Waals surface area contributed by atoms with E-state index in [-0.39, 0.29) is 25.0 Å². The maximum atomic E-state index is 13.8. The van der Waals surface area contributed by atoms with Crippen LogP contribution in [0.1, 0.15) is 37.0 Å². The fraction of sp³-hybridized carbons (Fsp3) is 0.765. The number of hydrogen-bond acceptors (Lipinski definition) is 12. The number of ether oxygens (including phenoxy) is 6. The number of methoxy groups -OCH3 is 4. The van der Waals surface area contributed by atoms with Crippen LogP contribution in [-0.2, 0) is 33.2 Å². The van der Waals surface area contributed by atoms with Crippen LogP contribution in [0, 0.1) is 34.5 Å². The number of carbonyl (C=O) groups is 2. The van der Waals surface area contributed by atoms with E-state index in [0.717, 1.165) is 0 Å². The quantitative estimate of drug-likeness (QED) is 0.323. The summed E-state index contributed by atoms with van der Waals surface area (Å²) in [4.78, 5) is 29.3. The van der Waals surface area contributed by atoms with Crippen LogP contribution in [0.15, 0.2) is 30.3 Å². The van der Waals surface area contributed by atoms with Gasteiger partial charge < -0.3 is 43.7 Å². The van der Waals surface area contributed by atoms with Gasteiger partial charge in [-0.1, -0.05) is 25.1 Å². The summed E-state index contributed by atoms with van der Waals surface area (Å²) in [5, 5.41) is 37.3. The Balaban J connectivity index is 1.53. The molecule has 0 radical (unpaired) electrons. The Morgan fingerprint density at radius 3 is 2.30 bits per heavy atom. The molecule has 1 saturated heterocycles. The zero-order valence-electron chi connectivity index (χ0n) is 27.3. The van der Waals surface area contributed by atoms with E-state index in [1.54, 1.807) is 51.7 Å². The third-order valence-electron chi connectivity index (χ3n) is 13.2. The second-order valence-electron chi connectivity index (χ2n) is 14.4. The lowest BCUT2D eigenvalue weighted by Gasteiger charge is -2.70. The molecule has 1 heterocycles. The van der Waals surface area contributed by atoms with Crippen LogP contribution < -0.4 is 0 Å². The van der Waals surface area contributed by atoms with Crippen molar-refractivity contribution in [2.75, 3.05) is 48.1 Å². The molecule has 15 atom stereocenters. The molecule has 1 aliphatic heterocycles. The summed E-state index contributed by atoms with van der Waals surface area (Å²) < 4.78 is 37.4. The van der Waals surface area contributed by atoms with Gasteiger partial charge in [0.05, 0.1) is 30.5 Å². The minimum atomic E-state index is -1.83. The first-order valence-corrected chi connectivity index (χ1v) is 16.3. The van der Waals surface area contributed by atoms with Gasteiger partial charge in [0.2, 0.25) is 0 Å². The summed E-state index contributed by atoms with van der Waals surface area (Å²) in [5.74, 6) is -3.65. The van der Waals surface area contributed by atoms with Crippen LogP contribution in [-0.4, -0.2) is 134 Å². The molecule has 1 aromatic rings. The highest BCUT2D eigenvalue weighted by molar-refractivity contribution is 5.89. The second-order valence-corrected chi connectivity index (χ2v) is 14.4. The maximum absolute atomic E-state index is 13.8. The molecule has 7 bridgehead atoms. The standard InChI is InChI=1S/C34H47NO11/c1-7-35-15-31(16-41-3)20(37)13-21(42-4)33-19-14-32(40)28(45-30(39)18-11-9-8-10-12-18)22(19)34(46-17(2)36,27(38)29(32)44-6)23(26(33)35)24(43-5)25(31)33/h8-12,19-29,37-38,40H,7,13-16H2,1-6H3/t19?,20-,21+,22?,23+,24+,25?,26?,27+,28-,29+,31+,32-,33+,34-/m1/s1. The number of nitrogens with zero attached hydrogens (tertiary/aromatic N) is 1. The largest absolute Gasteiger partial charge is 0.455 e. The Hall–Kier alpha value is -2.16. The molecule has 7 rings (SSSR count). The number of benzene rings is 1. The van der Waals surface area contributed by atoms with Crippen molar-refractivity contribution in [2.45, 2.75) is 80.6 Å². The van der Waals surface area contributed by atoms with Crippen molar-refractivity contribution < 1.29 is 53.3 Å². The zero-order valence-corrected chi connectivity index (χ0v) is 27.3. The third kappa shape index (κ3) is 3.62. The molecule has 1 aromatic carbocycles. The van der Waals surface area contributed by atoms with Crippen molar-refractivity contribution in [2.24, 2.45) is 34.5 Å². The molecular formula is C34H47NO11. The molecule has 0 amide bonds. The number of rotatable bonds is 9. The smallest absolute Gasteiger partial charge is 0.338 e. The van der Waals surface area contributed by atoms with Crippen LogP contribution in [0.25, 0.3) is 0 Å². The van der Waals surface area contributed by atoms with Gasteiger partial charge in [0.1, 0.15) is 23.9 Å². The Labute approximate surface area is 269 Å². The van der Waals surface area contributed by atoms with Crippen molar-refractivity contribution in [1.29, 1.82) is 0 Å². The molecule has 5 saturated carbocycles. The second kappa shape index (κ2) is 10.9. The number of aliphatic hydroxyl groups excluding tert-OH is 2. The molecule has 12 nitrogen and oxygen atoms in total. The van der Waals surface area contributed by atoms with E-state index in [1.165, 1.54) is 14.0 Å². The summed E-state index contributed by atoms with van der Waals surface area (Å²) in [7, 11) is 6.27. The first kappa shape index (κ1) is 32.4. The van der Waals surface area contributed by atoms with E-state index < -0.39 is 88.3 Å². The number of esters is 2. The van der Waals surface area contributed by atoms with Gasteiger partial charge in [0.15, 0.2) is 5.60 Å². The van der Waals surface area contributed by atoms with Crippen LogP contribution in [0.5, 0.6) is 0 Å². The first-order valence-electron chi connectivity index (χ1n) is 16.3. The number of hydrogen-bond donors (Lipinski definition) is 3. The summed E-state index contributed by atoms with van der Waals surface area (Å²) in [6.07, 6.45) is -5.49. The average Bonchev–Trinajstić information content (AvgIpc) is 3.41. The third-order valence-corrected chi connectivity index (χ3v) is 13.2. The van der Waals surface area contributed by atoms with Crippen LogP contribution in [0.4, 0.5) is 0 Å². The summed E-state index contributed by atoms with van der Waals surface area (Å²) in [6.45, 7) is 4.68. The van der Waals surface area contributed by atoms with Gasteiger partial charge >= 0.3 is 11.9 Å². The Kier molecular flexibility index (Phi) is 7.69. The highest BCUT2D eigenvalue weighted by Gasteiger charge is 2.92. The number of likely N-dealkylation sites (tertiary alicyclic amines) is 1. The van der Waals surface area contributed by atoms with Crippen LogP contribution in [0.2, 0.25) is 0 Å². The van der Waals surface area contributed by atoms with Gasteiger partial charge in [-0.15, -0.1) is 0 Å². The lowest BCUT2D eigenvalue weighted by molar-refractivity contribution is -0.322. The molecular weight excluding hydrogens is 598 g/mol. The van der Waals surface area contributed by atoms with Gasteiger partial charge in [0, 0.05) is 83.0 Å². The number of fused-ring (bicyclic) bond motifs is 2. The van der Waals surface area contributed by atoms with E-state index in [4.69, 9.17) is 28.4 Å². The number of carbonyl (C=O) groups excluding carboxylic acids is 2. The molecule has 4 unspecified atom stereocenters. The first-order chi connectivity index (χ1) is 22.0.